The van der Waals surface area contributed by atoms with E-state index in [1.165, 1.54) is 0 Å². The van der Waals surface area contributed by atoms with Crippen molar-refractivity contribution in [2.24, 2.45) is 0 Å². The summed E-state index contributed by atoms with van der Waals surface area (Å²) in [5.74, 6) is -0.0413. The van der Waals surface area contributed by atoms with Crippen LogP contribution in [0.15, 0.2) is 30.4 Å². The minimum absolute atomic E-state index is 0.0413. The Labute approximate surface area is 95.3 Å². The highest BCUT2D eigenvalue weighted by Gasteiger charge is 2.14. The number of hydrogen-bond acceptors (Lipinski definition) is 2. The number of nitrogen functional groups attached to an aromatic ring is 1. The van der Waals surface area contributed by atoms with E-state index in [4.69, 9.17) is 5.73 Å². The SMILES string of the molecule is Cc1ccc(C(=O)NC2CC=CC2)cc1N. The lowest BCUT2D eigenvalue weighted by Gasteiger charge is -2.12. The van der Waals surface area contributed by atoms with Crippen molar-refractivity contribution < 1.29 is 4.79 Å². The number of nitrogens with one attached hydrogen (secondary N) is 1. The van der Waals surface area contributed by atoms with Gasteiger partial charge in [0, 0.05) is 17.3 Å². The Balaban J connectivity index is 2.05. The highest BCUT2D eigenvalue weighted by atomic mass is 16.1. The normalized spacial score (nSPS) is 15.3. The van der Waals surface area contributed by atoms with E-state index >= 15 is 0 Å². The predicted octanol–water partition coefficient (Wildman–Crippen LogP) is 2.03. The van der Waals surface area contributed by atoms with E-state index in [1.54, 1.807) is 6.07 Å². The first-order valence-electron chi connectivity index (χ1n) is 5.49. The second-order valence-electron chi connectivity index (χ2n) is 4.18. The second-order valence-corrected chi connectivity index (χ2v) is 4.18. The molecule has 0 radical (unpaired) electrons. The number of carbonyl (C=O) groups excluding carboxylic acids is 1. The molecule has 0 aromatic heterocycles. The minimum Gasteiger partial charge on any atom is -0.398 e. The number of rotatable bonds is 2. The van der Waals surface area contributed by atoms with Crippen molar-refractivity contribution in [2.45, 2.75) is 25.8 Å². The smallest absolute Gasteiger partial charge is 0.251 e. The van der Waals surface area contributed by atoms with Crippen molar-refractivity contribution in [1.29, 1.82) is 0 Å². The maximum absolute atomic E-state index is 11.9. The lowest BCUT2D eigenvalue weighted by molar-refractivity contribution is 0.0939. The quantitative estimate of drug-likeness (QED) is 0.587. The van der Waals surface area contributed by atoms with E-state index in [1.807, 2.05) is 19.1 Å². The van der Waals surface area contributed by atoms with E-state index in [9.17, 15) is 4.79 Å². The van der Waals surface area contributed by atoms with Crippen LogP contribution < -0.4 is 11.1 Å². The molecule has 3 heteroatoms. The Morgan fingerprint density at radius 3 is 2.69 bits per heavy atom. The van der Waals surface area contributed by atoms with Crippen LogP contribution in [0.2, 0.25) is 0 Å². The summed E-state index contributed by atoms with van der Waals surface area (Å²) >= 11 is 0. The molecular formula is C13H16N2O. The van der Waals surface area contributed by atoms with Gasteiger partial charge in [-0.25, -0.2) is 0 Å². The molecule has 0 bridgehead atoms. The summed E-state index contributed by atoms with van der Waals surface area (Å²) in [6, 6.07) is 5.66. The Hall–Kier alpha value is -1.77. The van der Waals surface area contributed by atoms with Gasteiger partial charge in [-0.15, -0.1) is 0 Å². The zero-order valence-corrected chi connectivity index (χ0v) is 9.36. The number of carbonyl (C=O) groups is 1. The van der Waals surface area contributed by atoms with Crippen molar-refractivity contribution in [2.75, 3.05) is 5.73 Å². The van der Waals surface area contributed by atoms with E-state index in [2.05, 4.69) is 17.5 Å². The fraction of sp³-hybridized carbons (Fsp3) is 0.308. The molecule has 1 aliphatic rings. The Morgan fingerprint density at radius 1 is 1.38 bits per heavy atom. The molecule has 84 valence electrons. The van der Waals surface area contributed by atoms with Crippen LogP contribution in [0.1, 0.15) is 28.8 Å². The maximum atomic E-state index is 11.9. The first kappa shape index (κ1) is 10.7. The molecule has 0 heterocycles. The molecule has 0 spiro atoms. The number of hydrogen-bond donors (Lipinski definition) is 2. The molecule has 0 saturated heterocycles. The van der Waals surface area contributed by atoms with Crippen LogP contribution in [0.5, 0.6) is 0 Å². The summed E-state index contributed by atoms with van der Waals surface area (Å²) in [7, 11) is 0. The molecular weight excluding hydrogens is 200 g/mol. The van der Waals surface area contributed by atoms with Crippen LogP contribution in [0.25, 0.3) is 0 Å². The summed E-state index contributed by atoms with van der Waals surface area (Å²) in [5, 5.41) is 2.98. The zero-order chi connectivity index (χ0) is 11.5. The molecule has 1 aromatic rings. The summed E-state index contributed by atoms with van der Waals surface area (Å²) < 4.78 is 0. The average molecular weight is 216 g/mol. The lowest BCUT2D eigenvalue weighted by Crippen LogP contribution is -2.32. The number of amides is 1. The number of aryl methyl sites for hydroxylation is 1. The number of benzene rings is 1. The van der Waals surface area contributed by atoms with E-state index in [0.717, 1.165) is 18.4 Å². The molecule has 0 saturated carbocycles. The molecule has 0 atom stereocenters. The fourth-order valence-electron chi connectivity index (χ4n) is 1.79. The van der Waals surface area contributed by atoms with Gasteiger partial charge in [-0.2, -0.15) is 0 Å². The summed E-state index contributed by atoms with van der Waals surface area (Å²) in [6.07, 6.45) is 6.03. The first-order chi connectivity index (χ1) is 7.66. The average Bonchev–Trinajstić information content (AvgIpc) is 2.74. The van der Waals surface area contributed by atoms with Gasteiger partial charge >= 0.3 is 0 Å². The van der Waals surface area contributed by atoms with Crippen molar-refractivity contribution in [3.8, 4) is 0 Å². The van der Waals surface area contributed by atoms with Crippen LogP contribution in [0.4, 0.5) is 5.69 Å². The molecule has 0 aliphatic heterocycles. The van der Waals surface area contributed by atoms with Gasteiger partial charge in [0.25, 0.3) is 5.91 Å². The zero-order valence-electron chi connectivity index (χ0n) is 9.36. The highest BCUT2D eigenvalue weighted by molar-refractivity contribution is 5.95. The lowest BCUT2D eigenvalue weighted by atomic mass is 10.1. The predicted molar refractivity (Wildman–Crippen MR) is 65.2 cm³/mol. The van der Waals surface area contributed by atoms with E-state index in [0.29, 0.717) is 11.3 Å². The van der Waals surface area contributed by atoms with Gasteiger partial charge in [-0.3, -0.25) is 4.79 Å². The van der Waals surface area contributed by atoms with Gasteiger partial charge in [-0.1, -0.05) is 18.2 Å². The largest absolute Gasteiger partial charge is 0.398 e. The topological polar surface area (TPSA) is 55.1 Å². The van der Waals surface area contributed by atoms with Crippen LogP contribution in [0, 0.1) is 6.92 Å². The molecule has 1 aromatic carbocycles. The van der Waals surface area contributed by atoms with Crippen molar-refractivity contribution in [3.63, 3.8) is 0 Å². The first-order valence-corrected chi connectivity index (χ1v) is 5.49. The molecule has 16 heavy (non-hydrogen) atoms. The van der Waals surface area contributed by atoms with Gasteiger partial charge in [0.15, 0.2) is 0 Å². The van der Waals surface area contributed by atoms with Gasteiger partial charge in [0.05, 0.1) is 0 Å². The van der Waals surface area contributed by atoms with Crippen LogP contribution in [-0.4, -0.2) is 11.9 Å². The van der Waals surface area contributed by atoms with Crippen LogP contribution in [-0.2, 0) is 0 Å². The van der Waals surface area contributed by atoms with E-state index in [-0.39, 0.29) is 11.9 Å². The molecule has 0 unspecified atom stereocenters. The number of nitrogens with two attached hydrogens (primary N) is 1. The van der Waals surface area contributed by atoms with Gasteiger partial charge in [-0.05, 0) is 37.5 Å². The number of anilines is 1. The van der Waals surface area contributed by atoms with Crippen molar-refractivity contribution in [3.05, 3.63) is 41.5 Å². The second kappa shape index (κ2) is 4.39. The van der Waals surface area contributed by atoms with Gasteiger partial charge in [0.2, 0.25) is 0 Å². The third-order valence-electron chi connectivity index (χ3n) is 2.88. The Bertz CT molecular complexity index is 430. The molecule has 1 aliphatic carbocycles. The standard InChI is InChI=1S/C13H16N2O/c1-9-6-7-10(8-12(9)14)13(16)15-11-4-2-3-5-11/h2-3,6-8,11H,4-5,14H2,1H3,(H,15,16). The van der Waals surface area contributed by atoms with Crippen molar-refractivity contribution in [1.82, 2.24) is 5.32 Å². The van der Waals surface area contributed by atoms with E-state index < -0.39 is 0 Å². The Morgan fingerprint density at radius 2 is 2.06 bits per heavy atom. The molecule has 0 fully saturated rings. The third-order valence-corrected chi connectivity index (χ3v) is 2.88. The third kappa shape index (κ3) is 2.24. The minimum atomic E-state index is -0.0413. The molecule has 1 amide bonds. The summed E-state index contributed by atoms with van der Waals surface area (Å²) in [6.45, 7) is 1.93. The van der Waals surface area contributed by atoms with Gasteiger partial charge in [0.1, 0.15) is 0 Å². The Kier molecular flexibility index (Phi) is 2.95. The summed E-state index contributed by atoms with van der Waals surface area (Å²) in [5.41, 5.74) is 8.07. The molecule has 3 N–H and O–H groups in total. The fourth-order valence-corrected chi connectivity index (χ4v) is 1.79. The van der Waals surface area contributed by atoms with Gasteiger partial charge < -0.3 is 11.1 Å². The maximum Gasteiger partial charge on any atom is 0.251 e. The van der Waals surface area contributed by atoms with Crippen LogP contribution >= 0.6 is 0 Å². The van der Waals surface area contributed by atoms with Crippen LogP contribution in [0.3, 0.4) is 0 Å². The monoisotopic (exact) mass is 216 g/mol. The highest BCUT2D eigenvalue weighted by Crippen LogP contribution is 2.14. The molecule has 2 rings (SSSR count). The van der Waals surface area contributed by atoms with Crippen molar-refractivity contribution >= 4 is 11.6 Å². The summed E-state index contributed by atoms with van der Waals surface area (Å²) in [4.78, 5) is 11.9. The molecule has 3 nitrogen and oxygen atoms in total.